The first kappa shape index (κ1) is 17.1. The van der Waals surface area contributed by atoms with Crippen LogP contribution in [0.1, 0.15) is 44.7 Å². The van der Waals surface area contributed by atoms with Gasteiger partial charge in [-0.25, -0.2) is 9.97 Å². The number of piperazine rings is 1. The van der Waals surface area contributed by atoms with Crippen molar-refractivity contribution in [1.29, 1.82) is 0 Å². The molecule has 1 amide bonds. The van der Waals surface area contributed by atoms with Crippen LogP contribution in [-0.2, 0) is 0 Å². The number of hydrogen-bond acceptors (Lipinski definition) is 6. The molecule has 140 valence electrons. The summed E-state index contributed by atoms with van der Waals surface area (Å²) in [6.07, 6.45) is 2.41. The molecule has 27 heavy (non-hydrogen) atoms. The van der Waals surface area contributed by atoms with Gasteiger partial charge >= 0.3 is 0 Å². The Kier molecular flexibility index (Phi) is 4.16. The minimum Gasteiger partial charge on any atom is -0.352 e. The van der Waals surface area contributed by atoms with Crippen LogP contribution in [0.25, 0.3) is 10.2 Å². The van der Waals surface area contributed by atoms with Crippen LogP contribution in [0.4, 0.5) is 5.82 Å². The van der Waals surface area contributed by atoms with Crippen LogP contribution in [0.2, 0.25) is 0 Å². The van der Waals surface area contributed by atoms with Gasteiger partial charge in [0.25, 0.3) is 5.91 Å². The lowest BCUT2D eigenvalue weighted by molar-refractivity contribution is 0.0751. The molecule has 1 aliphatic heterocycles. The largest absolute Gasteiger partial charge is 0.352 e. The van der Waals surface area contributed by atoms with Crippen molar-refractivity contribution < 1.29 is 4.79 Å². The lowest BCUT2D eigenvalue weighted by Crippen LogP contribution is -2.49. The first-order valence-corrected chi connectivity index (χ1v) is 11.2. The summed E-state index contributed by atoms with van der Waals surface area (Å²) in [5.74, 6) is 2.78. The Morgan fingerprint density at radius 2 is 1.93 bits per heavy atom. The normalized spacial score (nSPS) is 17.7. The molecule has 0 unspecified atom stereocenters. The Labute approximate surface area is 166 Å². The maximum atomic E-state index is 12.6. The van der Waals surface area contributed by atoms with E-state index in [1.54, 1.807) is 11.3 Å². The number of carbonyl (C=O) groups excluding carboxylic acids is 1. The van der Waals surface area contributed by atoms with Crippen molar-refractivity contribution >= 4 is 44.6 Å². The van der Waals surface area contributed by atoms with E-state index < -0.39 is 0 Å². The number of fused-ring (bicyclic) bond motifs is 1. The van der Waals surface area contributed by atoms with Crippen LogP contribution in [-0.4, -0.2) is 47.0 Å². The molecule has 2 aliphatic rings. The summed E-state index contributed by atoms with van der Waals surface area (Å²) in [6.45, 7) is 7.46. The summed E-state index contributed by atoms with van der Waals surface area (Å²) in [6, 6.07) is 3.85. The minimum atomic E-state index is 0.152. The predicted octanol–water partition coefficient (Wildman–Crippen LogP) is 4.21. The molecule has 1 aliphatic carbocycles. The molecule has 3 aromatic heterocycles. The van der Waals surface area contributed by atoms with E-state index in [1.807, 2.05) is 22.4 Å². The Bertz CT molecular complexity index is 999. The SMILES string of the molecule is Cc1sc2nc(C3CC3)nc(N3CCN(C(=O)c4cccs4)CC3)c2c1C. The third-order valence-electron chi connectivity index (χ3n) is 5.57. The van der Waals surface area contributed by atoms with Gasteiger partial charge in [0.05, 0.1) is 10.3 Å². The molecular weight excluding hydrogens is 376 g/mol. The highest BCUT2D eigenvalue weighted by Crippen LogP contribution is 2.42. The molecule has 0 bridgehead atoms. The van der Waals surface area contributed by atoms with Crippen LogP contribution < -0.4 is 4.90 Å². The van der Waals surface area contributed by atoms with Gasteiger partial charge < -0.3 is 9.80 Å². The number of amides is 1. The number of rotatable bonds is 3. The van der Waals surface area contributed by atoms with Crippen LogP contribution in [0.15, 0.2) is 17.5 Å². The highest BCUT2D eigenvalue weighted by molar-refractivity contribution is 7.18. The molecular formula is C20H22N4OS2. The average molecular weight is 399 g/mol. The standard InChI is InChI=1S/C20H22N4OS2/c1-12-13(2)27-19-16(12)18(21-17(22-19)14-5-6-14)23-7-9-24(10-8-23)20(25)15-4-3-11-26-15/h3-4,11,14H,5-10H2,1-2H3. The van der Waals surface area contributed by atoms with Gasteiger partial charge in [-0.2, -0.15) is 0 Å². The van der Waals surface area contributed by atoms with Crippen molar-refractivity contribution in [2.24, 2.45) is 0 Å². The van der Waals surface area contributed by atoms with Gasteiger partial charge in [0.1, 0.15) is 16.5 Å². The van der Waals surface area contributed by atoms with Crippen LogP contribution >= 0.6 is 22.7 Å². The smallest absolute Gasteiger partial charge is 0.264 e. The van der Waals surface area contributed by atoms with E-state index in [1.165, 1.54) is 40.0 Å². The molecule has 2 fully saturated rings. The van der Waals surface area contributed by atoms with E-state index in [0.29, 0.717) is 5.92 Å². The van der Waals surface area contributed by atoms with E-state index in [0.717, 1.165) is 47.5 Å². The van der Waals surface area contributed by atoms with Crippen LogP contribution in [0.5, 0.6) is 0 Å². The first-order chi connectivity index (χ1) is 13.1. The van der Waals surface area contributed by atoms with Gasteiger partial charge in [0.15, 0.2) is 0 Å². The monoisotopic (exact) mass is 398 g/mol. The zero-order chi connectivity index (χ0) is 18.5. The number of aromatic nitrogens is 2. The van der Waals surface area contributed by atoms with Gasteiger partial charge in [-0.15, -0.1) is 22.7 Å². The lowest BCUT2D eigenvalue weighted by Gasteiger charge is -2.35. The molecule has 3 aromatic rings. The topological polar surface area (TPSA) is 49.3 Å². The molecule has 0 radical (unpaired) electrons. The predicted molar refractivity (Wildman–Crippen MR) is 111 cm³/mol. The van der Waals surface area contributed by atoms with E-state index in [-0.39, 0.29) is 5.91 Å². The quantitative estimate of drug-likeness (QED) is 0.663. The number of aryl methyl sites for hydroxylation is 2. The number of thiophene rings is 2. The van der Waals surface area contributed by atoms with Gasteiger partial charge in [-0.1, -0.05) is 6.07 Å². The molecule has 7 heteroatoms. The van der Waals surface area contributed by atoms with Crippen molar-refractivity contribution in [3.63, 3.8) is 0 Å². The lowest BCUT2D eigenvalue weighted by atomic mass is 10.2. The van der Waals surface area contributed by atoms with Crippen molar-refractivity contribution in [1.82, 2.24) is 14.9 Å². The molecule has 5 nitrogen and oxygen atoms in total. The number of hydrogen-bond donors (Lipinski definition) is 0. The molecule has 0 spiro atoms. The fourth-order valence-corrected chi connectivity index (χ4v) is 5.40. The van der Waals surface area contributed by atoms with Gasteiger partial charge in [-0.3, -0.25) is 4.79 Å². The van der Waals surface area contributed by atoms with Gasteiger partial charge in [-0.05, 0) is 43.7 Å². The Balaban J connectivity index is 1.43. The Morgan fingerprint density at radius 1 is 1.15 bits per heavy atom. The first-order valence-electron chi connectivity index (χ1n) is 9.47. The second-order valence-corrected chi connectivity index (χ2v) is 9.55. The number of anilines is 1. The zero-order valence-corrected chi connectivity index (χ0v) is 17.2. The molecule has 0 atom stereocenters. The van der Waals surface area contributed by atoms with Crippen molar-refractivity contribution in [2.45, 2.75) is 32.6 Å². The maximum absolute atomic E-state index is 12.6. The third kappa shape index (κ3) is 3.02. The fraction of sp³-hybridized carbons (Fsp3) is 0.450. The van der Waals surface area contributed by atoms with Crippen LogP contribution in [0.3, 0.4) is 0 Å². The number of nitrogens with zero attached hydrogens (tertiary/aromatic N) is 4. The van der Waals surface area contributed by atoms with E-state index >= 15 is 0 Å². The molecule has 0 N–H and O–H groups in total. The molecule has 4 heterocycles. The van der Waals surface area contributed by atoms with E-state index in [4.69, 9.17) is 9.97 Å². The van der Waals surface area contributed by atoms with E-state index in [9.17, 15) is 4.79 Å². The highest BCUT2D eigenvalue weighted by Gasteiger charge is 2.31. The molecule has 5 rings (SSSR count). The van der Waals surface area contributed by atoms with Crippen LogP contribution in [0, 0.1) is 13.8 Å². The summed E-state index contributed by atoms with van der Waals surface area (Å²) >= 11 is 3.30. The fourth-order valence-electron chi connectivity index (χ4n) is 3.67. The minimum absolute atomic E-state index is 0.152. The molecule has 1 saturated heterocycles. The average Bonchev–Trinajstić information content (AvgIpc) is 3.32. The third-order valence-corrected chi connectivity index (χ3v) is 7.53. The summed E-state index contributed by atoms with van der Waals surface area (Å²) in [7, 11) is 0. The van der Waals surface area contributed by atoms with Crippen molar-refractivity contribution in [2.75, 3.05) is 31.1 Å². The van der Waals surface area contributed by atoms with Crippen molar-refractivity contribution in [3.8, 4) is 0 Å². The maximum Gasteiger partial charge on any atom is 0.264 e. The van der Waals surface area contributed by atoms with E-state index in [2.05, 4.69) is 18.7 Å². The zero-order valence-electron chi connectivity index (χ0n) is 15.6. The summed E-state index contributed by atoms with van der Waals surface area (Å²) in [4.78, 5) is 30.1. The molecule has 1 saturated carbocycles. The second-order valence-electron chi connectivity index (χ2n) is 7.40. The summed E-state index contributed by atoms with van der Waals surface area (Å²) in [5.41, 5.74) is 1.30. The number of carbonyl (C=O) groups is 1. The Morgan fingerprint density at radius 3 is 2.59 bits per heavy atom. The molecule has 0 aromatic carbocycles. The van der Waals surface area contributed by atoms with Crippen molar-refractivity contribution in [3.05, 3.63) is 38.7 Å². The Hall–Kier alpha value is -1.99. The summed E-state index contributed by atoms with van der Waals surface area (Å²) in [5, 5.41) is 3.17. The summed E-state index contributed by atoms with van der Waals surface area (Å²) < 4.78 is 0. The highest BCUT2D eigenvalue weighted by atomic mass is 32.1. The van der Waals surface area contributed by atoms with Gasteiger partial charge in [0.2, 0.25) is 0 Å². The van der Waals surface area contributed by atoms with Gasteiger partial charge in [0, 0.05) is 37.0 Å². The second kappa shape index (κ2) is 6.56.